The van der Waals surface area contributed by atoms with Gasteiger partial charge in [-0.05, 0) is 32.2 Å². The fraction of sp³-hybridized carbons (Fsp3) is 1.00. The molecule has 2 saturated heterocycles. The van der Waals surface area contributed by atoms with Gasteiger partial charge in [-0.25, -0.2) is 0 Å². The molecule has 1 N–H and O–H groups in total. The van der Waals surface area contributed by atoms with Gasteiger partial charge in [-0.1, -0.05) is 6.92 Å². The van der Waals surface area contributed by atoms with Crippen molar-refractivity contribution in [1.29, 1.82) is 0 Å². The summed E-state index contributed by atoms with van der Waals surface area (Å²) in [7, 11) is -3.22. The van der Waals surface area contributed by atoms with Gasteiger partial charge in [0, 0.05) is 32.2 Å². The van der Waals surface area contributed by atoms with Crippen LogP contribution in [0.4, 0.5) is 0 Å². The van der Waals surface area contributed by atoms with Crippen LogP contribution in [0.1, 0.15) is 32.6 Å². The van der Waals surface area contributed by atoms with E-state index in [0.29, 0.717) is 19.6 Å². The zero-order valence-corrected chi connectivity index (χ0v) is 11.4. The lowest BCUT2D eigenvalue weighted by atomic mass is 10.2. The fourth-order valence-electron chi connectivity index (χ4n) is 2.72. The monoisotopic (exact) mass is 261 g/mol. The number of rotatable bonds is 3. The van der Waals surface area contributed by atoms with Crippen LogP contribution in [0.2, 0.25) is 0 Å². The summed E-state index contributed by atoms with van der Waals surface area (Å²) in [5.41, 5.74) is 0. The van der Waals surface area contributed by atoms with Crippen molar-refractivity contribution in [2.45, 2.75) is 38.6 Å². The molecule has 0 aromatic rings. The second-order valence-corrected chi connectivity index (χ2v) is 6.71. The van der Waals surface area contributed by atoms with E-state index in [1.54, 1.807) is 8.61 Å². The minimum absolute atomic E-state index is 0.219. The van der Waals surface area contributed by atoms with Crippen molar-refractivity contribution in [3.8, 4) is 0 Å². The van der Waals surface area contributed by atoms with Crippen LogP contribution in [0.3, 0.4) is 0 Å². The first-order chi connectivity index (χ1) is 8.16. The molecule has 0 radical (unpaired) electrons. The molecule has 2 rings (SSSR count). The Bertz CT molecular complexity index is 337. The molecule has 2 aliphatic heterocycles. The molecule has 1 unspecified atom stereocenters. The topological polar surface area (TPSA) is 52.7 Å². The van der Waals surface area contributed by atoms with E-state index in [4.69, 9.17) is 0 Å². The van der Waals surface area contributed by atoms with Crippen LogP contribution in [0, 0.1) is 0 Å². The largest absolute Gasteiger partial charge is 0.315 e. The molecule has 17 heavy (non-hydrogen) atoms. The maximum Gasteiger partial charge on any atom is 0.282 e. The van der Waals surface area contributed by atoms with Crippen LogP contribution in [-0.2, 0) is 10.2 Å². The molecule has 1 atom stereocenters. The minimum Gasteiger partial charge on any atom is -0.315 e. The van der Waals surface area contributed by atoms with E-state index in [0.717, 1.165) is 38.8 Å². The average molecular weight is 261 g/mol. The van der Waals surface area contributed by atoms with E-state index < -0.39 is 10.2 Å². The van der Waals surface area contributed by atoms with E-state index in [1.165, 1.54) is 0 Å². The van der Waals surface area contributed by atoms with Gasteiger partial charge in [0.2, 0.25) is 0 Å². The summed E-state index contributed by atoms with van der Waals surface area (Å²) in [6.07, 6.45) is 3.85. The van der Waals surface area contributed by atoms with Gasteiger partial charge in [-0.3, -0.25) is 0 Å². The quantitative estimate of drug-likeness (QED) is 0.800. The molecule has 0 aliphatic carbocycles. The molecule has 0 saturated carbocycles. The summed E-state index contributed by atoms with van der Waals surface area (Å²) < 4.78 is 28.4. The lowest BCUT2D eigenvalue weighted by molar-refractivity contribution is 0.326. The van der Waals surface area contributed by atoms with Gasteiger partial charge in [0.1, 0.15) is 0 Å². The molecule has 0 aromatic carbocycles. The summed E-state index contributed by atoms with van der Waals surface area (Å²) in [4.78, 5) is 0. The third-order valence-electron chi connectivity index (χ3n) is 3.72. The number of hydrogen-bond donors (Lipinski definition) is 1. The lowest BCUT2D eigenvalue weighted by Gasteiger charge is -2.29. The third-order valence-corrected chi connectivity index (χ3v) is 5.81. The van der Waals surface area contributed by atoms with Crippen molar-refractivity contribution >= 4 is 10.2 Å². The van der Waals surface area contributed by atoms with E-state index in [2.05, 4.69) is 12.2 Å². The first-order valence-electron chi connectivity index (χ1n) is 6.64. The molecule has 0 bridgehead atoms. The molecule has 2 aliphatic rings. The predicted octanol–water partition coefficient (Wildman–Crippen LogP) is 0.401. The van der Waals surface area contributed by atoms with Gasteiger partial charge in [-0.15, -0.1) is 0 Å². The summed E-state index contributed by atoms with van der Waals surface area (Å²) in [5, 5.41) is 3.24. The SMILES string of the molecule is CCC1CCCN1S(=O)(=O)N1CCCNCC1. The van der Waals surface area contributed by atoms with Crippen molar-refractivity contribution in [2.24, 2.45) is 0 Å². The summed E-state index contributed by atoms with van der Waals surface area (Å²) in [5.74, 6) is 0. The predicted molar refractivity (Wildman–Crippen MR) is 68.0 cm³/mol. The standard InChI is InChI=1S/C11H23N3O2S/c1-2-11-5-3-9-14(11)17(15,16)13-8-4-6-12-7-10-13/h11-12H,2-10H2,1H3. The normalized spacial score (nSPS) is 29.4. The van der Waals surface area contributed by atoms with Gasteiger partial charge < -0.3 is 5.32 Å². The Kier molecular flexibility index (Phi) is 4.41. The van der Waals surface area contributed by atoms with Crippen LogP contribution in [-0.4, -0.2) is 55.8 Å². The second-order valence-electron chi connectivity index (χ2n) is 4.83. The maximum absolute atomic E-state index is 12.5. The van der Waals surface area contributed by atoms with E-state index in [9.17, 15) is 8.42 Å². The lowest BCUT2D eigenvalue weighted by Crippen LogP contribution is -2.46. The molecular weight excluding hydrogens is 238 g/mol. The molecule has 5 nitrogen and oxygen atoms in total. The van der Waals surface area contributed by atoms with Crippen LogP contribution >= 0.6 is 0 Å². The molecule has 0 amide bonds. The van der Waals surface area contributed by atoms with Gasteiger partial charge in [0.25, 0.3) is 10.2 Å². The van der Waals surface area contributed by atoms with Gasteiger partial charge in [-0.2, -0.15) is 17.0 Å². The highest BCUT2D eigenvalue weighted by molar-refractivity contribution is 7.86. The van der Waals surface area contributed by atoms with Crippen molar-refractivity contribution in [1.82, 2.24) is 13.9 Å². The second kappa shape index (κ2) is 5.65. The zero-order valence-electron chi connectivity index (χ0n) is 10.6. The average Bonchev–Trinajstić information content (AvgIpc) is 2.63. The van der Waals surface area contributed by atoms with Gasteiger partial charge in [0.05, 0.1) is 0 Å². The van der Waals surface area contributed by atoms with E-state index in [1.807, 2.05) is 0 Å². The third kappa shape index (κ3) is 2.81. The zero-order chi connectivity index (χ0) is 12.3. The Balaban J connectivity index is 2.11. The summed E-state index contributed by atoms with van der Waals surface area (Å²) >= 11 is 0. The summed E-state index contributed by atoms with van der Waals surface area (Å²) in [6.45, 7) is 5.72. The minimum atomic E-state index is -3.22. The molecule has 100 valence electrons. The highest BCUT2D eigenvalue weighted by atomic mass is 32.2. The van der Waals surface area contributed by atoms with Crippen molar-refractivity contribution < 1.29 is 8.42 Å². The molecular formula is C11H23N3O2S. The molecule has 2 heterocycles. The molecule has 6 heteroatoms. The Hall–Kier alpha value is -0.170. The van der Waals surface area contributed by atoms with Crippen molar-refractivity contribution in [3.63, 3.8) is 0 Å². The number of nitrogens with zero attached hydrogens (tertiary/aromatic N) is 2. The smallest absolute Gasteiger partial charge is 0.282 e. The Morgan fingerprint density at radius 1 is 1.18 bits per heavy atom. The van der Waals surface area contributed by atoms with Crippen LogP contribution in [0.5, 0.6) is 0 Å². The Labute approximate surface area is 104 Å². The Morgan fingerprint density at radius 3 is 2.76 bits per heavy atom. The number of hydrogen-bond acceptors (Lipinski definition) is 3. The van der Waals surface area contributed by atoms with Gasteiger partial charge in [0.15, 0.2) is 0 Å². The van der Waals surface area contributed by atoms with E-state index in [-0.39, 0.29) is 6.04 Å². The van der Waals surface area contributed by atoms with Crippen molar-refractivity contribution in [2.75, 3.05) is 32.7 Å². The van der Waals surface area contributed by atoms with Crippen LogP contribution in [0.25, 0.3) is 0 Å². The molecule has 2 fully saturated rings. The number of nitrogens with one attached hydrogen (secondary N) is 1. The Morgan fingerprint density at radius 2 is 2.00 bits per heavy atom. The molecule has 0 aromatic heterocycles. The first-order valence-corrected chi connectivity index (χ1v) is 8.03. The van der Waals surface area contributed by atoms with Crippen LogP contribution < -0.4 is 5.32 Å². The first kappa shape index (κ1) is 13.3. The molecule has 0 spiro atoms. The van der Waals surface area contributed by atoms with E-state index >= 15 is 0 Å². The van der Waals surface area contributed by atoms with Crippen LogP contribution in [0.15, 0.2) is 0 Å². The summed E-state index contributed by atoms with van der Waals surface area (Å²) in [6, 6.07) is 0.219. The maximum atomic E-state index is 12.5. The highest BCUT2D eigenvalue weighted by Crippen LogP contribution is 2.25. The van der Waals surface area contributed by atoms with Gasteiger partial charge >= 0.3 is 0 Å². The van der Waals surface area contributed by atoms with Crippen molar-refractivity contribution in [3.05, 3.63) is 0 Å². The fourth-order valence-corrected chi connectivity index (χ4v) is 4.69. The highest BCUT2D eigenvalue weighted by Gasteiger charge is 2.37.